The molecule has 1 aromatic carbocycles. The van der Waals surface area contributed by atoms with Crippen LogP contribution in [0.25, 0.3) is 0 Å². The van der Waals surface area contributed by atoms with Crippen molar-refractivity contribution in [1.82, 2.24) is 0 Å². The zero-order valence-electron chi connectivity index (χ0n) is 11.3. The van der Waals surface area contributed by atoms with Crippen molar-refractivity contribution in [3.63, 3.8) is 0 Å². The maximum Gasteiger partial charge on any atom is 0.416 e. The van der Waals surface area contributed by atoms with Gasteiger partial charge in [-0.15, -0.1) is 0 Å². The summed E-state index contributed by atoms with van der Waals surface area (Å²) in [6.45, 7) is 4.37. The molecule has 0 aliphatic heterocycles. The van der Waals surface area contributed by atoms with Crippen molar-refractivity contribution in [1.29, 1.82) is 0 Å². The Labute approximate surface area is 112 Å². The average Bonchev–Trinajstić information content (AvgIpc) is 2.36. The van der Waals surface area contributed by atoms with Gasteiger partial charge in [-0.25, -0.2) is 0 Å². The number of ether oxygens (including phenoxy) is 1. The molecule has 0 unspecified atom stereocenters. The van der Waals surface area contributed by atoms with E-state index in [2.05, 4.69) is 0 Å². The summed E-state index contributed by atoms with van der Waals surface area (Å²) >= 11 is 0. The van der Waals surface area contributed by atoms with Gasteiger partial charge in [0.2, 0.25) is 0 Å². The van der Waals surface area contributed by atoms with Gasteiger partial charge in [0.05, 0.1) is 12.2 Å². The van der Waals surface area contributed by atoms with Crippen molar-refractivity contribution in [2.24, 2.45) is 0 Å². The molecule has 106 valence electrons. The molecule has 0 spiro atoms. The van der Waals surface area contributed by atoms with E-state index in [9.17, 15) is 13.2 Å². The molecule has 0 aromatic heterocycles. The van der Waals surface area contributed by atoms with E-state index < -0.39 is 11.7 Å². The Morgan fingerprint density at radius 2 is 2.00 bits per heavy atom. The van der Waals surface area contributed by atoms with Crippen LogP contribution in [0.5, 0.6) is 5.75 Å². The molecule has 0 N–H and O–H groups in total. The molecule has 1 rings (SSSR count). The van der Waals surface area contributed by atoms with Crippen LogP contribution in [0.3, 0.4) is 0 Å². The minimum Gasteiger partial charge on any atom is -0.493 e. The summed E-state index contributed by atoms with van der Waals surface area (Å²) in [6, 6.07) is 3.68. The molecule has 19 heavy (non-hydrogen) atoms. The topological polar surface area (TPSA) is 9.23 Å². The fourth-order valence-electron chi connectivity index (χ4n) is 1.71. The van der Waals surface area contributed by atoms with Gasteiger partial charge in [0, 0.05) is 0 Å². The predicted molar refractivity (Wildman–Crippen MR) is 70.4 cm³/mol. The van der Waals surface area contributed by atoms with E-state index in [1.54, 1.807) is 0 Å². The van der Waals surface area contributed by atoms with Crippen molar-refractivity contribution in [2.45, 2.75) is 39.3 Å². The van der Waals surface area contributed by atoms with E-state index in [4.69, 9.17) is 4.74 Å². The number of hydrogen-bond acceptors (Lipinski definition) is 1. The van der Waals surface area contributed by atoms with Crippen LogP contribution in [-0.2, 0) is 12.6 Å². The van der Waals surface area contributed by atoms with Crippen molar-refractivity contribution in [3.05, 3.63) is 41.5 Å². The summed E-state index contributed by atoms with van der Waals surface area (Å²) in [7, 11) is 0. The zero-order chi connectivity index (χ0) is 14.3. The highest BCUT2D eigenvalue weighted by atomic mass is 19.4. The highest BCUT2D eigenvalue weighted by Gasteiger charge is 2.31. The molecule has 0 saturated carbocycles. The molecule has 1 nitrogen and oxygen atoms in total. The molecule has 0 amide bonds. The highest BCUT2D eigenvalue weighted by molar-refractivity contribution is 5.38. The summed E-state index contributed by atoms with van der Waals surface area (Å²) in [5.74, 6) is 0.555. The lowest BCUT2D eigenvalue weighted by Crippen LogP contribution is -2.07. The van der Waals surface area contributed by atoms with Crippen LogP contribution in [0.4, 0.5) is 13.2 Å². The summed E-state index contributed by atoms with van der Waals surface area (Å²) in [5.41, 5.74) is -0.00629. The Balaban J connectivity index is 2.96. The molecule has 0 bridgehead atoms. The zero-order valence-corrected chi connectivity index (χ0v) is 11.3. The second kappa shape index (κ2) is 7.22. The van der Waals surface area contributed by atoms with Crippen LogP contribution in [-0.4, -0.2) is 6.61 Å². The van der Waals surface area contributed by atoms with E-state index in [-0.39, 0.29) is 0 Å². The van der Waals surface area contributed by atoms with Gasteiger partial charge in [-0.05, 0) is 49.9 Å². The molecule has 0 aliphatic rings. The van der Waals surface area contributed by atoms with Gasteiger partial charge in [0.1, 0.15) is 5.75 Å². The number of aryl methyl sites for hydroxylation is 1. The van der Waals surface area contributed by atoms with Crippen LogP contribution in [0.1, 0.15) is 37.8 Å². The first kappa shape index (κ1) is 15.6. The molecular weight excluding hydrogens is 253 g/mol. The Bertz CT molecular complexity index is 422. The Hall–Kier alpha value is -1.45. The molecule has 0 heterocycles. The number of benzene rings is 1. The smallest absolute Gasteiger partial charge is 0.416 e. The SMILES string of the molecule is C/C=C\CCc1cc(C(F)(F)F)ccc1OCCC. The number of rotatable bonds is 6. The van der Waals surface area contributed by atoms with Gasteiger partial charge >= 0.3 is 6.18 Å². The first-order chi connectivity index (χ1) is 8.99. The standard InChI is InChI=1S/C15H19F3O/c1-3-5-6-7-12-11-13(15(16,17)18)8-9-14(12)19-10-4-2/h3,5,8-9,11H,4,6-7,10H2,1-2H3/b5-3-. The summed E-state index contributed by atoms with van der Waals surface area (Å²) in [6.07, 6.45) is 1.60. The maximum atomic E-state index is 12.7. The molecule has 1 aromatic rings. The first-order valence-electron chi connectivity index (χ1n) is 6.43. The Kier molecular flexibility index (Phi) is 5.93. The van der Waals surface area contributed by atoms with Gasteiger partial charge in [-0.1, -0.05) is 19.1 Å². The molecule has 0 atom stereocenters. The summed E-state index contributed by atoms with van der Waals surface area (Å²) in [5, 5.41) is 0. The number of halogens is 3. The molecule has 4 heteroatoms. The normalized spacial score (nSPS) is 12.1. The molecule has 0 saturated heterocycles. The lowest BCUT2D eigenvalue weighted by Gasteiger charge is -2.14. The van der Waals surface area contributed by atoms with Gasteiger partial charge in [-0.2, -0.15) is 13.2 Å². The monoisotopic (exact) mass is 272 g/mol. The average molecular weight is 272 g/mol. The van der Waals surface area contributed by atoms with E-state index in [1.165, 1.54) is 12.1 Å². The van der Waals surface area contributed by atoms with Gasteiger partial charge < -0.3 is 4.74 Å². The second-order valence-corrected chi connectivity index (χ2v) is 4.28. The minimum absolute atomic E-state index is 0.516. The fourth-order valence-corrected chi connectivity index (χ4v) is 1.71. The lowest BCUT2D eigenvalue weighted by molar-refractivity contribution is -0.137. The van der Waals surface area contributed by atoms with E-state index in [0.717, 1.165) is 12.5 Å². The first-order valence-corrected chi connectivity index (χ1v) is 6.43. The third-order valence-electron chi connectivity index (χ3n) is 2.67. The number of allylic oxidation sites excluding steroid dienone is 2. The largest absolute Gasteiger partial charge is 0.493 e. The molecular formula is C15H19F3O. The summed E-state index contributed by atoms with van der Waals surface area (Å²) < 4.78 is 43.5. The quantitative estimate of drug-likeness (QED) is 0.662. The molecule has 0 fully saturated rings. The third-order valence-corrected chi connectivity index (χ3v) is 2.67. The van der Waals surface area contributed by atoms with E-state index in [1.807, 2.05) is 26.0 Å². The Morgan fingerprint density at radius 1 is 1.26 bits per heavy atom. The van der Waals surface area contributed by atoms with Gasteiger partial charge in [0.15, 0.2) is 0 Å². The number of alkyl halides is 3. The van der Waals surface area contributed by atoms with Crippen molar-refractivity contribution < 1.29 is 17.9 Å². The third kappa shape index (κ3) is 4.97. The fraction of sp³-hybridized carbons (Fsp3) is 0.467. The van der Waals surface area contributed by atoms with E-state index in [0.29, 0.717) is 30.8 Å². The number of hydrogen-bond donors (Lipinski definition) is 0. The minimum atomic E-state index is -4.31. The lowest BCUT2D eigenvalue weighted by atomic mass is 10.0. The Morgan fingerprint density at radius 3 is 2.58 bits per heavy atom. The van der Waals surface area contributed by atoms with Crippen molar-refractivity contribution in [3.8, 4) is 5.75 Å². The van der Waals surface area contributed by atoms with Crippen LogP contribution < -0.4 is 4.74 Å². The van der Waals surface area contributed by atoms with Crippen LogP contribution >= 0.6 is 0 Å². The molecule has 0 aliphatic carbocycles. The highest BCUT2D eigenvalue weighted by Crippen LogP contribution is 2.33. The van der Waals surface area contributed by atoms with E-state index >= 15 is 0 Å². The van der Waals surface area contributed by atoms with Crippen molar-refractivity contribution >= 4 is 0 Å². The van der Waals surface area contributed by atoms with Crippen LogP contribution in [0, 0.1) is 0 Å². The maximum absolute atomic E-state index is 12.7. The molecule has 0 radical (unpaired) electrons. The van der Waals surface area contributed by atoms with Crippen molar-refractivity contribution in [2.75, 3.05) is 6.61 Å². The predicted octanol–water partition coefficient (Wildman–Crippen LogP) is 5.00. The summed E-state index contributed by atoms with van der Waals surface area (Å²) in [4.78, 5) is 0. The van der Waals surface area contributed by atoms with Gasteiger partial charge in [0.25, 0.3) is 0 Å². The van der Waals surface area contributed by atoms with Crippen LogP contribution in [0.2, 0.25) is 0 Å². The van der Waals surface area contributed by atoms with Gasteiger partial charge in [-0.3, -0.25) is 0 Å². The van der Waals surface area contributed by atoms with Crippen LogP contribution in [0.15, 0.2) is 30.4 Å². The second-order valence-electron chi connectivity index (χ2n) is 4.28.